The van der Waals surface area contributed by atoms with Gasteiger partial charge in [0.2, 0.25) is 5.91 Å². The molecule has 0 saturated carbocycles. The highest BCUT2D eigenvalue weighted by molar-refractivity contribution is 5.81. The Kier molecular flexibility index (Phi) is 5.69. The van der Waals surface area contributed by atoms with Gasteiger partial charge in [-0.1, -0.05) is 38.1 Å². The maximum Gasteiger partial charge on any atom is 0.234 e. The SMILES string of the molecule is CCC(CC)NC(=O)CNCc1cccc2cccnc12. The molecule has 0 fully saturated rings. The van der Waals surface area contributed by atoms with E-state index >= 15 is 0 Å². The molecule has 2 aromatic rings. The fourth-order valence-corrected chi connectivity index (χ4v) is 2.39. The van der Waals surface area contributed by atoms with Gasteiger partial charge in [0.1, 0.15) is 0 Å². The third-order valence-electron chi connectivity index (χ3n) is 3.67. The van der Waals surface area contributed by atoms with Crippen molar-refractivity contribution >= 4 is 16.8 Å². The lowest BCUT2D eigenvalue weighted by Gasteiger charge is -2.15. The molecule has 0 bridgehead atoms. The largest absolute Gasteiger partial charge is 0.352 e. The highest BCUT2D eigenvalue weighted by Crippen LogP contribution is 2.15. The Bertz CT molecular complexity index is 588. The molecule has 112 valence electrons. The van der Waals surface area contributed by atoms with Gasteiger partial charge in [0.05, 0.1) is 12.1 Å². The maximum absolute atomic E-state index is 11.8. The Hall–Kier alpha value is -1.94. The van der Waals surface area contributed by atoms with Crippen LogP contribution in [0.1, 0.15) is 32.3 Å². The predicted molar refractivity (Wildman–Crippen MR) is 86.0 cm³/mol. The molecule has 0 atom stereocenters. The Balaban J connectivity index is 1.89. The van der Waals surface area contributed by atoms with Crippen molar-refractivity contribution in [1.29, 1.82) is 0 Å². The molecule has 1 aromatic heterocycles. The van der Waals surface area contributed by atoms with Gasteiger partial charge in [0.25, 0.3) is 0 Å². The average molecular weight is 285 g/mol. The van der Waals surface area contributed by atoms with Crippen LogP contribution in [0.15, 0.2) is 36.5 Å². The number of carbonyl (C=O) groups excluding carboxylic acids is 1. The number of nitrogens with one attached hydrogen (secondary N) is 2. The first-order valence-corrected chi connectivity index (χ1v) is 7.57. The van der Waals surface area contributed by atoms with E-state index in [0.717, 1.165) is 29.3 Å². The van der Waals surface area contributed by atoms with Crippen LogP contribution in [0.2, 0.25) is 0 Å². The van der Waals surface area contributed by atoms with Crippen LogP contribution >= 0.6 is 0 Å². The lowest BCUT2D eigenvalue weighted by Crippen LogP contribution is -2.39. The number of benzene rings is 1. The lowest BCUT2D eigenvalue weighted by molar-refractivity contribution is -0.121. The van der Waals surface area contributed by atoms with Gasteiger partial charge >= 0.3 is 0 Å². The molecule has 0 aliphatic rings. The minimum Gasteiger partial charge on any atom is -0.352 e. The third-order valence-corrected chi connectivity index (χ3v) is 3.67. The molecule has 4 heteroatoms. The van der Waals surface area contributed by atoms with Crippen LogP contribution in [0.5, 0.6) is 0 Å². The van der Waals surface area contributed by atoms with Crippen molar-refractivity contribution in [2.75, 3.05) is 6.54 Å². The lowest BCUT2D eigenvalue weighted by atomic mass is 10.1. The second-order valence-electron chi connectivity index (χ2n) is 5.18. The molecule has 0 aliphatic heterocycles. The minimum absolute atomic E-state index is 0.0527. The Labute approximate surface area is 126 Å². The van der Waals surface area contributed by atoms with Crippen molar-refractivity contribution < 1.29 is 4.79 Å². The molecule has 1 amide bonds. The van der Waals surface area contributed by atoms with Crippen molar-refractivity contribution in [3.63, 3.8) is 0 Å². The van der Waals surface area contributed by atoms with E-state index in [0.29, 0.717) is 13.1 Å². The predicted octanol–water partition coefficient (Wildman–Crippen LogP) is 2.63. The summed E-state index contributed by atoms with van der Waals surface area (Å²) in [7, 11) is 0. The van der Waals surface area contributed by atoms with Crippen LogP contribution in [-0.2, 0) is 11.3 Å². The molecular weight excluding hydrogens is 262 g/mol. The number of hydrogen-bond acceptors (Lipinski definition) is 3. The Morgan fingerprint density at radius 3 is 2.71 bits per heavy atom. The smallest absolute Gasteiger partial charge is 0.234 e. The number of rotatable bonds is 7. The molecule has 4 nitrogen and oxygen atoms in total. The summed E-state index contributed by atoms with van der Waals surface area (Å²) in [6.07, 6.45) is 3.73. The van der Waals surface area contributed by atoms with Gasteiger partial charge in [-0.25, -0.2) is 0 Å². The fraction of sp³-hybridized carbons (Fsp3) is 0.412. The van der Waals surface area contributed by atoms with E-state index in [9.17, 15) is 4.79 Å². The van der Waals surface area contributed by atoms with Crippen LogP contribution in [-0.4, -0.2) is 23.5 Å². The van der Waals surface area contributed by atoms with E-state index in [-0.39, 0.29) is 11.9 Å². The number of aromatic nitrogens is 1. The van der Waals surface area contributed by atoms with Crippen LogP contribution in [0.3, 0.4) is 0 Å². The van der Waals surface area contributed by atoms with Crippen LogP contribution in [0.25, 0.3) is 10.9 Å². The summed E-state index contributed by atoms with van der Waals surface area (Å²) in [6.45, 7) is 5.15. The van der Waals surface area contributed by atoms with Crippen molar-refractivity contribution in [3.05, 3.63) is 42.1 Å². The highest BCUT2D eigenvalue weighted by atomic mass is 16.1. The molecule has 2 rings (SSSR count). The fourth-order valence-electron chi connectivity index (χ4n) is 2.39. The summed E-state index contributed by atoms with van der Waals surface area (Å²) in [5.41, 5.74) is 2.11. The number of hydrogen-bond donors (Lipinski definition) is 2. The molecule has 1 heterocycles. The second-order valence-corrected chi connectivity index (χ2v) is 5.18. The van der Waals surface area contributed by atoms with Crippen molar-refractivity contribution in [2.45, 2.75) is 39.3 Å². The third kappa shape index (κ3) is 4.26. The molecule has 0 radical (unpaired) electrons. The van der Waals surface area contributed by atoms with E-state index in [1.54, 1.807) is 6.20 Å². The zero-order chi connectivity index (χ0) is 15.1. The summed E-state index contributed by atoms with van der Waals surface area (Å²) in [5.74, 6) is 0.0527. The van der Waals surface area contributed by atoms with Crippen molar-refractivity contribution in [1.82, 2.24) is 15.6 Å². The van der Waals surface area contributed by atoms with Gasteiger partial charge in [-0.3, -0.25) is 9.78 Å². The Morgan fingerprint density at radius 2 is 1.95 bits per heavy atom. The van der Waals surface area contributed by atoms with E-state index in [4.69, 9.17) is 0 Å². The average Bonchev–Trinajstić information content (AvgIpc) is 2.53. The molecule has 2 N–H and O–H groups in total. The zero-order valence-electron chi connectivity index (χ0n) is 12.7. The molecule has 0 spiro atoms. The first-order valence-electron chi connectivity index (χ1n) is 7.57. The number of pyridine rings is 1. The second kappa shape index (κ2) is 7.74. The number of nitrogens with zero attached hydrogens (tertiary/aromatic N) is 1. The standard InChI is InChI=1S/C17H23N3O/c1-3-15(4-2)20-16(21)12-18-11-14-8-5-7-13-9-6-10-19-17(13)14/h5-10,15,18H,3-4,11-12H2,1-2H3,(H,20,21). The number of para-hydroxylation sites is 1. The van der Waals surface area contributed by atoms with Crippen LogP contribution < -0.4 is 10.6 Å². The summed E-state index contributed by atoms with van der Waals surface area (Å²) in [5, 5.41) is 7.34. The zero-order valence-corrected chi connectivity index (χ0v) is 12.7. The topological polar surface area (TPSA) is 54.0 Å². The van der Waals surface area contributed by atoms with Gasteiger partial charge in [-0.2, -0.15) is 0 Å². The molecule has 21 heavy (non-hydrogen) atoms. The van der Waals surface area contributed by atoms with Gasteiger partial charge in [-0.05, 0) is 24.5 Å². The molecule has 0 saturated heterocycles. The van der Waals surface area contributed by atoms with E-state index in [2.05, 4.69) is 29.5 Å². The van der Waals surface area contributed by atoms with Gasteiger partial charge in [0, 0.05) is 24.2 Å². The Morgan fingerprint density at radius 1 is 1.19 bits per heavy atom. The first-order chi connectivity index (χ1) is 10.2. The number of carbonyl (C=O) groups is 1. The van der Waals surface area contributed by atoms with E-state index < -0.39 is 0 Å². The molecule has 1 aromatic carbocycles. The molecular formula is C17H23N3O. The van der Waals surface area contributed by atoms with Crippen molar-refractivity contribution in [2.24, 2.45) is 0 Å². The minimum atomic E-state index is 0.0527. The van der Waals surface area contributed by atoms with E-state index in [1.807, 2.05) is 30.3 Å². The summed E-state index contributed by atoms with van der Waals surface area (Å²) in [4.78, 5) is 16.2. The van der Waals surface area contributed by atoms with Crippen LogP contribution in [0.4, 0.5) is 0 Å². The van der Waals surface area contributed by atoms with Gasteiger partial charge in [-0.15, -0.1) is 0 Å². The van der Waals surface area contributed by atoms with Crippen molar-refractivity contribution in [3.8, 4) is 0 Å². The summed E-state index contributed by atoms with van der Waals surface area (Å²) in [6, 6.07) is 10.4. The van der Waals surface area contributed by atoms with Gasteiger partial charge in [0.15, 0.2) is 0 Å². The monoisotopic (exact) mass is 285 g/mol. The normalized spacial score (nSPS) is 11.0. The first kappa shape index (κ1) is 15.4. The van der Waals surface area contributed by atoms with Gasteiger partial charge < -0.3 is 10.6 Å². The molecule has 0 unspecified atom stereocenters. The summed E-state index contributed by atoms with van der Waals surface area (Å²) < 4.78 is 0. The molecule has 0 aliphatic carbocycles. The van der Waals surface area contributed by atoms with E-state index in [1.165, 1.54) is 0 Å². The highest BCUT2D eigenvalue weighted by Gasteiger charge is 2.08. The number of fused-ring (bicyclic) bond motifs is 1. The quantitative estimate of drug-likeness (QED) is 0.822. The van der Waals surface area contributed by atoms with Crippen LogP contribution in [0, 0.1) is 0 Å². The summed E-state index contributed by atoms with van der Waals surface area (Å²) >= 11 is 0. The number of amides is 1. The maximum atomic E-state index is 11.8.